The number of sulfonamides is 1. The molecule has 0 bridgehead atoms. The summed E-state index contributed by atoms with van der Waals surface area (Å²) in [6, 6.07) is 12.7. The Bertz CT molecular complexity index is 821. The highest BCUT2D eigenvalue weighted by Crippen LogP contribution is 2.30. The predicted molar refractivity (Wildman–Crippen MR) is 94.3 cm³/mol. The quantitative estimate of drug-likeness (QED) is 0.862. The number of hydrogen-bond acceptors (Lipinski definition) is 2. The number of fused-ring (bicyclic) bond motifs is 1. The lowest BCUT2D eigenvalue weighted by molar-refractivity contribution is 0.507. The SMILES string of the molecule is O=S(=O)(Cc1ccc(Cl)c(Cl)c1)N[C@H]1CCCc2ccccc21. The van der Waals surface area contributed by atoms with Gasteiger partial charge in [0.05, 0.1) is 15.8 Å². The zero-order valence-corrected chi connectivity index (χ0v) is 14.8. The molecule has 2 aromatic rings. The summed E-state index contributed by atoms with van der Waals surface area (Å²) in [4.78, 5) is 0. The second kappa shape index (κ2) is 6.81. The molecule has 0 saturated heterocycles. The van der Waals surface area contributed by atoms with Crippen molar-refractivity contribution in [3.05, 3.63) is 69.2 Å². The van der Waals surface area contributed by atoms with E-state index in [1.54, 1.807) is 18.2 Å². The van der Waals surface area contributed by atoms with E-state index in [1.807, 2.05) is 18.2 Å². The fourth-order valence-electron chi connectivity index (χ4n) is 2.98. The number of benzene rings is 2. The lowest BCUT2D eigenvalue weighted by atomic mass is 9.88. The lowest BCUT2D eigenvalue weighted by Gasteiger charge is -2.26. The maximum Gasteiger partial charge on any atom is 0.216 e. The molecular weight excluding hydrogens is 353 g/mol. The number of hydrogen-bond donors (Lipinski definition) is 1. The minimum atomic E-state index is -3.46. The molecular formula is C17H17Cl2NO2S. The van der Waals surface area contributed by atoms with Crippen molar-refractivity contribution in [2.45, 2.75) is 31.1 Å². The molecule has 0 spiro atoms. The molecule has 0 fully saturated rings. The monoisotopic (exact) mass is 369 g/mol. The molecule has 1 atom stereocenters. The van der Waals surface area contributed by atoms with Crippen molar-refractivity contribution < 1.29 is 8.42 Å². The third-order valence-electron chi connectivity index (χ3n) is 4.03. The number of halogens is 2. The van der Waals surface area contributed by atoms with E-state index in [0.717, 1.165) is 24.8 Å². The summed E-state index contributed by atoms with van der Waals surface area (Å²) in [6.07, 6.45) is 2.80. The molecule has 0 aliphatic heterocycles. The van der Waals surface area contributed by atoms with E-state index in [1.165, 1.54) is 5.56 Å². The van der Waals surface area contributed by atoms with Crippen LogP contribution in [0.4, 0.5) is 0 Å². The molecule has 0 unspecified atom stereocenters. The predicted octanol–water partition coefficient (Wildman–Crippen LogP) is 4.49. The first-order valence-corrected chi connectivity index (χ1v) is 9.87. The molecule has 3 nitrogen and oxygen atoms in total. The van der Waals surface area contributed by atoms with Crippen molar-refractivity contribution in [1.29, 1.82) is 0 Å². The zero-order valence-electron chi connectivity index (χ0n) is 12.4. The van der Waals surface area contributed by atoms with Gasteiger partial charge in [-0.3, -0.25) is 0 Å². The number of nitrogens with one attached hydrogen (secondary N) is 1. The van der Waals surface area contributed by atoms with Gasteiger partial charge in [0.15, 0.2) is 0 Å². The summed E-state index contributed by atoms with van der Waals surface area (Å²) in [5.41, 5.74) is 2.92. The fraction of sp³-hybridized carbons (Fsp3) is 0.294. The van der Waals surface area contributed by atoms with E-state index in [9.17, 15) is 8.42 Å². The highest BCUT2D eigenvalue weighted by molar-refractivity contribution is 7.88. The Hall–Kier alpha value is -1.07. The smallest absolute Gasteiger partial charge is 0.212 e. The Morgan fingerprint density at radius 3 is 2.65 bits per heavy atom. The summed E-state index contributed by atoms with van der Waals surface area (Å²) in [6.45, 7) is 0. The number of aryl methyl sites for hydroxylation is 1. The van der Waals surface area contributed by atoms with E-state index in [4.69, 9.17) is 23.2 Å². The fourth-order valence-corrected chi connectivity index (χ4v) is 4.68. The van der Waals surface area contributed by atoms with Crippen molar-refractivity contribution in [3.63, 3.8) is 0 Å². The standard InChI is InChI=1S/C17H17Cl2NO2S/c18-15-9-8-12(10-16(15)19)11-23(21,22)20-17-7-3-5-13-4-1-2-6-14(13)17/h1-2,4,6,8-10,17,20H,3,5,7,11H2/t17-/m0/s1. The zero-order chi connectivity index (χ0) is 16.4. The highest BCUT2D eigenvalue weighted by Gasteiger charge is 2.24. The van der Waals surface area contributed by atoms with Crippen LogP contribution >= 0.6 is 23.2 Å². The van der Waals surface area contributed by atoms with Gasteiger partial charge in [0.1, 0.15) is 0 Å². The molecule has 122 valence electrons. The maximum absolute atomic E-state index is 12.5. The van der Waals surface area contributed by atoms with Crippen LogP contribution < -0.4 is 4.72 Å². The first kappa shape index (κ1) is 16.8. The second-order valence-electron chi connectivity index (χ2n) is 5.77. The van der Waals surface area contributed by atoms with E-state index < -0.39 is 10.0 Å². The molecule has 0 amide bonds. The van der Waals surface area contributed by atoms with E-state index in [2.05, 4.69) is 10.8 Å². The van der Waals surface area contributed by atoms with Crippen LogP contribution in [0.1, 0.15) is 35.6 Å². The molecule has 6 heteroatoms. The Labute approximate surface area is 146 Å². The van der Waals surface area contributed by atoms with Gasteiger partial charge >= 0.3 is 0 Å². The third-order valence-corrected chi connectivity index (χ3v) is 6.13. The molecule has 3 rings (SSSR count). The lowest BCUT2D eigenvalue weighted by Crippen LogP contribution is -2.31. The van der Waals surface area contributed by atoms with Crippen LogP contribution in [0.3, 0.4) is 0 Å². The molecule has 1 N–H and O–H groups in total. The van der Waals surface area contributed by atoms with Crippen molar-refractivity contribution in [2.24, 2.45) is 0 Å². The van der Waals surface area contributed by atoms with Crippen molar-refractivity contribution in [3.8, 4) is 0 Å². The third kappa shape index (κ3) is 4.07. The first-order valence-electron chi connectivity index (χ1n) is 7.46. The normalized spacial score (nSPS) is 17.7. The molecule has 23 heavy (non-hydrogen) atoms. The molecule has 1 aliphatic rings. The summed E-state index contributed by atoms with van der Waals surface area (Å²) in [7, 11) is -3.46. The Morgan fingerprint density at radius 2 is 1.87 bits per heavy atom. The molecule has 0 radical (unpaired) electrons. The molecule has 2 aromatic carbocycles. The summed E-state index contributed by atoms with van der Waals surface area (Å²) < 4.78 is 27.8. The Balaban J connectivity index is 1.78. The van der Waals surface area contributed by atoms with Gasteiger partial charge in [0.25, 0.3) is 0 Å². The van der Waals surface area contributed by atoms with Gasteiger partial charge in [-0.1, -0.05) is 53.5 Å². The Morgan fingerprint density at radius 1 is 1.09 bits per heavy atom. The van der Waals surface area contributed by atoms with Gasteiger partial charge in [-0.05, 0) is 48.1 Å². The topological polar surface area (TPSA) is 46.2 Å². The van der Waals surface area contributed by atoms with Crippen LogP contribution in [0, 0.1) is 0 Å². The highest BCUT2D eigenvalue weighted by atomic mass is 35.5. The minimum Gasteiger partial charge on any atom is -0.212 e. The molecule has 0 heterocycles. The number of rotatable bonds is 4. The van der Waals surface area contributed by atoms with Crippen molar-refractivity contribution in [1.82, 2.24) is 4.72 Å². The van der Waals surface area contributed by atoms with Crippen molar-refractivity contribution >= 4 is 33.2 Å². The Kier molecular flexibility index (Phi) is 4.97. The van der Waals surface area contributed by atoms with Crippen LogP contribution in [-0.4, -0.2) is 8.42 Å². The van der Waals surface area contributed by atoms with E-state index in [-0.39, 0.29) is 11.8 Å². The van der Waals surface area contributed by atoms with E-state index >= 15 is 0 Å². The van der Waals surface area contributed by atoms with Gasteiger partial charge in [-0.25, -0.2) is 13.1 Å². The van der Waals surface area contributed by atoms with Crippen LogP contribution in [0.5, 0.6) is 0 Å². The average molecular weight is 370 g/mol. The summed E-state index contributed by atoms with van der Waals surface area (Å²) in [5.74, 6) is -0.109. The van der Waals surface area contributed by atoms with Gasteiger partial charge in [0.2, 0.25) is 10.0 Å². The van der Waals surface area contributed by atoms with Crippen LogP contribution in [-0.2, 0) is 22.2 Å². The largest absolute Gasteiger partial charge is 0.216 e. The second-order valence-corrected chi connectivity index (χ2v) is 8.34. The summed E-state index contributed by atoms with van der Waals surface area (Å²) in [5, 5.41) is 0.782. The molecule has 0 saturated carbocycles. The van der Waals surface area contributed by atoms with Gasteiger partial charge in [-0.15, -0.1) is 0 Å². The summed E-state index contributed by atoms with van der Waals surface area (Å²) >= 11 is 11.8. The van der Waals surface area contributed by atoms with Gasteiger partial charge < -0.3 is 0 Å². The maximum atomic E-state index is 12.5. The van der Waals surface area contributed by atoms with Crippen LogP contribution in [0.2, 0.25) is 10.0 Å². The minimum absolute atomic E-state index is 0.109. The first-order chi connectivity index (χ1) is 10.9. The molecule has 0 aromatic heterocycles. The van der Waals surface area contributed by atoms with Crippen LogP contribution in [0.15, 0.2) is 42.5 Å². The van der Waals surface area contributed by atoms with Gasteiger partial charge in [0, 0.05) is 6.04 Å². The van der Waals surface area contributed by atoms with Gasteiger partial charge in [-0.2, -0.15) is 0 Å². The molecule has 1 aliphatic carbocycles. The van der Waals surface area contributed by atoms with E-state index in [0.29, 0.717) is 15.6 Å². The van der Waals surface area contributed by atoms with Crippen molar-refractivity contribution in [2.75, 3.05) is 0 Å². The average Bonchev–Trinajstić information content (AvgIpc) is 2.51. The van der Waals surface area contributed by atoms with Crippen LogP contribution in [0.25, 0.3) is 0 Å².